The predicted molar refractivity (Wildman–Crippen MR) is 78.5 cm³/mol. The molecule has 0 aliphatic rings. The van der Waals surface area contributed by atoms with E-state index in [1.807, 2.05) is 18.4 Å². The smallest absolute Gasteiger partial charge is 0.126 e. The van der Waals surface area contributed by atoms with Crippen LogP contribution in [-0.4, -0.2) is 6.54 Å². The second kappa shape index (κ2) is 6.59. The number of benzene rings is 1. The van der Waals surface area contributed by atoms with E-state index >= 15 is 0 Å². The molecular weight excluding hydrogens is 332 g/mol. The van der Waals surface area contributed by atoms with Crippen LogP contribution < -0.4 is 5.32 Å². The first-order chi connectivity index (χ1) is 9.10. The van der Waals surface area contributed by atoms with Crippen LogP contribution in [0.4, 0.5) is 8.78 Å². The van der Waals surface area contributed by atoms with Crippen molar-refractivity contribution in [2.75, 3.05) is 6.54 Å². The summed E-state index contributed by atoms with van der Waals surface area (Å²) < 4.78 is 27.9. The highest BCUT2D eigenvalue weighted by Crippen LogP contribution is 2.28. The summed E-state index contributed by atoms with van der Waals surface area (Å²) in [5.74, 6) is -0.767. The van der Waals surface area contributed by atoms with Crippen LogP contribution in [-0.2, 0) is 6.42 Å². The highest BCUT2D eigenvalue weighted by molar-refractivity contribution is 9.11. The van der Waals surface area contributed by atoms with Gasteiger partial charge in [0.25, 0.3) is 0 Å². The molecule has 0 amide bonds. The summed E-state index contributed by atoms with van der Waals surface area (Å²) in [7, 11) is 0. The molecule has 1 N–H and O–H groups in total. The van der Waals surface area contributed by atoms with Crippen molar-refractivity contribution in [1.82, 2.24) is 5.32 Å². The van der Waals surface area contributed by atoms with Crippen molar-refractivity contribution < 1.29 is 8.78 Å². The maximum atomic E-state index is 13.7. The molecule has 1 aromatic carbocycles. The Bertz CT molecular complexity index is 556. The van der Waals surface area contributed by atoms with Gasteiger partial charge in [0, 0.05) is 6.04 Å². The molecule has 19 heavy (non-hydrogen) atoms. The monoisotopic (exact) mass is 345 g/mol. The SMILES string of the molecule is CCNC(Cc1cc(F)ccc1F)c1csc(Br)c1. The summed E-state index contributed by atoms with van der Waals surface area (Å²) in [6.45, 7) is 2.77. The molecule has 0 aliphatic carbocycles. The molecule has 1 aromatic heterocycles. The largest absolute Gasteiger partial charge is 0.310 e. The molecule has 1 atom stereocenters. The molecule has 0 spiro atoms. The van der Waals surface area contributed by atoms with Gasteiger partial charge in [-0.15, -0.1) is 11.3 Å². The maximum Gasteiger partial charge on any atom is 0.126 e. The summed E-state index contributed by atoms with van der Waals surface area (Å²) in [5.41, 5.74) is 1.48. The zero-order valence-electron chi connectivity index (χ0n) is 10.4. The Morgan fingerprint density at radius 1 is 1.32 bits per heavy atom. The van der Waals surface area contributed by atoms with Gasteiger partial charge in [0.1, 0.15) is 11.6 Å². The average molecular weight is 346 g/mol. The van der Waals surface area contributed by atoms with Crippen LogP contribution in [0, 0.1) is 11.6 Å². The third kappa shape index (κ3) is 3.84. The molecular formula is C14H14BrF2NS. The van der Waals surface area contributed by atoms with Crippen molar-refractivity contribution in [2.45, 2.75) is 19.4 Å². The van der Waals surface area contributed by atoms with Gasteiger partial charge < -0.3 is 5.32 Å². The molecule has 0 aliphatic heterocycles. The molecule has 1 nitrogen and oxygen atoms in total. The molecule has 0 radical (unpaired) electrons. The van der Waals surface area contributed by atoms with Gasteiger partial charge in [0.05, 0.1) is 3.79 Å². The number of thiophene rings is 1. The highest BCUT2D eigenvalue weighted by Gasteiger charge is 2.15. The molecule has 0 bridgehead atoms. The van der Waals surface area contributed by atoms with Gasteiger partial charge in [0.2, 0.25) is 0 Å². The molecule has 1 unspecified atom stereocenters. The van der Waals surface area contributed by atoms with E-state index in [1.54, 1.807) is 11.3 Å². The van der Waals surface area contributed by atoms with Crippen LogP contribution in [0.15, 0.2) is 33.4 Å². The first-order valence-corrected chi connectivity index (χ1v) is 7.68. The Kier molecular flexibility index (Phi) is 5.07. The van der Waals surface area contributed by atoms with E-state index in [4.69, 9.17) is 0 Å². The third-order valence-corrected chi connectivity index (χ3v) is 4.40. The van der Waals surface area contributed by atoms with Gasteiger partial charge in [-0.25, -0.2) is 8.78 Å². The van der Waals surface area contributed by atoms with E-state index in [0.717, 1.165) is 22.0 Å². The minimum Gasteiger partial charge on any atom is -0.310 e. The van der Waals surface area contributed by atoms with E-state index in [1.165, 1.54) is 12.1 Å². The highest BCUT2D eigenvalue weighted by atomic mass is 79.9. The number of nitrogens with one attached hydrogen (secondary N) is 1. The Balaban J connectivity index is 2.23. The van der Waals surface area contributed by atoms with Gasteiger partial charge in [-0.2, -0.15) is 0 Å². The summed E-state index contributed by atoms with van der Waals surface area (Å²) in [6.07, 6.45) is 0.431. The lowest BCUT2D eigenvalue weighted by atomic mass is 10.0. The van der Waals surface area contributed by atoms with Crippen LogP contribution in [0.3, 0.4) is 0 Å². The van der Waals surface area contributed by atoms with Crippen molar-refractivity contribution in [3.05, 3.63) is 56.2 Å². The van der Waals surface area contributed by atoms with Gasteiger partial charge >= 0.3 is 0 Å². The molecule has 102 valence electrons. The van der Waals surface area contributed by atoms with Crippen LogP contribution in [0.2, 0.25) is 0 Å². The topological polar surface area (TPSA) is 12.0 Å². The van der Waals surface area contributed by atoms with Crippen molar-refractivity contribution >= 4 is 27.3 Å². The summed E-state index contributed by atoms with van der Waals surface area (Å²) in [5, 5.41) is 5.33. The van der Waals surface area contributed by atoms with Gasteiger partial charge in [0.15, 0.2) is 0 Å². The summed E-state index contributed by atoms with van der Waals surface area (Å²) in [4.78, 5) is 0. The quantitative estimate of drug-likeness (QED) is 0.829. The molecule has 0 saturated carbocycles. The lowest BCUT2D eigenvalue weighted by Crippen LogP contribution is -2.23. The lowest BCUT2D eigenvalue weighted by Gasteiger charge is -2.17. The fourth-order valence-electron chi connectivity index (χ4n) is 1.98. The Labute approximate surface area is 123 Å². The minimum absolute atomic E-state index is 0.0103. The van der Waals surface area contributed by atoms with E-state index < -0.39 is 5.82 Å². The Hall–Kier alpha value is -0.780. The molecule has 5 heteroatoms. The van der Waals surface area contributed by atoms with E-state index in [0.29, 0.717) is 12.0 Å². The number of likely N-dealkylation sites (N-methyl/N-ethyl adjacent to an activating group) is 1. The number of hydrogen-bond donors (Lipinski definition) is 1. The minimum atomic E-state index is -0.404. The number of halogens is 3. The van der Waals surface area contributed by atoms with Crippen molar-refractivity contribution in [3.8, 4) is 0 Å². The summed E-state index contributed by atoms with van der Waals surface area (Å²) in [6, 6.07) is 5.58. The van der Waals surface area contributed by atoms with Crippen molar-refractivity contribution in [3.63, 3.8) is 0 Å². The zero-order valence-corrected chi connectivity index (χ0v) is 12.8. The summed E-state index contributed by atoms with van der Waals surface area (Å²) >= 11 is 5.01. The van der Waals surface area contributed by atoms with Crippen LogP contribution in [0.25, 0.3) is 0 Å². The van der Waals surface area contributed by atoms with Gasteiger partial charge in [-0.1, -0.05) is 6.92 Å². The molecule has 2 aromatic rings. The maximum absolute atomic E-state index is 13.7. The van der Waals surface area contributed by atoms with Gasteiger partial charge in [-0.05, 0) is 69.7 Å². The van der Waals surface area contributed by atoms with E-state index in [2.05, 4.69) is 21.2 Å². The third-order valence-electron chi connectivity index (χ3n) is 2.87. The molecule has 0 fully saturated rings. The Morgan fingerprint density at radius 2 is 2.11 bits per heavy atom. The molecule has 1 heterocycles. The molecule has 2 rings (SSSR count). The van der Waals surface area contributed by atoms with Crippen LogP contribution in [0.1, 0.15) is 24.1 Å². The van der Waals surface area contributed by atoms with Crippen LogP contribution >= 0.6 is 27.3 Å². The molecule has 0 saturated heterocycles. The second-order valence-electron chi connectivity index (χ2n) is 4.23. The standard InChI is InChI=1S/C14H14BrF2NS/c1-2-18-13(10-7-14(15)19-8-10)6-9-5-11(16)3-4-12(9)17/h3-5,7-8,13,18H,2,6H2,1H3. The first kappa shape index (κ1) is 14.6. The fraction of sp³-hybridized carbons (Fsp3) is 0.286. The Morgan fingerprint density at radius 3 is 2.74 bits per heavy atom. The van der Waals surface area contributed by atoms with E-state index in [-0.39, 0.29) is 11.9 Å². The van der Waals surface area contributed by atoms with Crippen molar-refractivity contribution in [1.29, 1.82) is 0 Å². The number of hydrogen-bond acceptors (Lipinski definition) is 2. The number of rotatable bonds is 5. The van der Waals surface area contributed by atoms with E-state index in [9.17, 15) is 8.78 Å². The lowest BCUT2D eigenvalue weighted by molar-refractivity contribution is 0.523. The predicted octanol–water partition coefficient (Wildman–Crippen LogP) is 4.68. The normalized spacial score (nSPS) is 12.6. The van der Waals surface area contributed by atoms with Crippen LogP contribution in [0.5, 0.6) is 0 Å². The van der Waals surface area contributed by atoms with Gasteiger partial charge in [-0.3, -0.25) is 0 Å². The average Bonchev–Trinajstić information content (AvgIpc) is 2.80. The second-order valence-corrected chi connectivity index (χ2v) is 6.52. The zero-order chi connectivity index (χ0) is 13.8. The van der Waals surface area contributed by atoms with Crippen molar-refractivity contribution in [2.24, 2.45) is 0 Å². The first-order valence-electron chi connectivity index (χ1n) is 6.01. The fourth-order valence-corrected chi connectivity index (χ4v) is 3.21.